The average molecular weight is 455 g/mol. The van der Waals surface area contributed by atoms with E-state index in [0.29, 0.717) is 23.2 Å². The predicted octanol–water partition coefficient (Wildman–Crippen LogP) is 2.81. The fourth-order valence-corrected chi connectivity index (χ4v) is 4.49. The number of ether oxygens (including phenoxy) is 1. The van der Waals surface area contributed by atoms with Gasteiger partial charge in [0.2, 0.25) is 5.88 Å². The SMILES string of the molecule is Cc1ccc(-n2nccn2)c(C(=O)N2C[C@H]3C[C@@H](Oc4ccc(Br)cn4)[C@@H]2C3)n1. The molecule has 5 rings (SSSR count). The number of fused-ring (bicyclic) bond motifs is 2. The van der Waals surface area contributed by atoms with Gasteiger partial charge in [0.25, 0.3) is 5.91 Å². The summed E-state index contributed by atoms with van der Waals surface area (Å²) in [4.78, 5) is 25.6. The lowest BCUT2D eigenvalue weighted by Crippen LogP contribution is -2.47. The molecule has 1 saturated heterocycles. The average Bonchev–Trinajstić information content (AvgIpc) is 3.46. The molecule has 2 bridgehead atoms. The van der Waals surface area contributed by atoms with E-state index < -0.39 is 0 Å². The number of pyridine rings is 2. The number of carbonyl (C=O) groups excluding carboxylic acids is 1. The Balaban J connectivity index is 1.41. The van der Waals surface area contributed by atoms with Gasteiger partial charge in [0, 0.05) is 29.0 Å². The molecule has 0 N–H and O–H groups in total. The number of carbonyl (C=O) groups is 1. The van der Waals surface area contributed by atoms with E-state index in [4.69, 9.17) is 4.74 Å². The normalized spacial score (nSPS) is 22.8. The van der Waals surface area contributed by atoms with Crippen LogP contribution in [-0.2, 0) is 0 Å². The molecule has 0 spiro atoms. The van der Waals surface area contributed by atoms with Gasteiger partial charge in [-0.15, -0.1) is 4.80 Å². The molecule has 148 valence electrons. The number of amides is 1. The van der Waals surface area contributed by atoms with E-state index in [1.165, 1.54) is 4.80 Å². The number of nitrogens with zero attached hydrogens (tertiary/aromatic N) is 6. The van der Waals surface area contributed by atoms with Crippen LogP contribution in [0.5, 0.6) is 5.88 Å². The van der Waals surface area contributed by atoms with E-state index in [9.17, 15) is 4.79 Å². The number of halogens is 1. The third kappa shape index (κ3) is 3.39. The second-order valence-corrected chi connectivity index (χ2v) is 8.39. The molecule has 1 aliphatic carbocycles. The lowest BCUT2D eigenvalue weighted by Gasteiger charge is -2.33. The zero-order chi connectivity index (χ0) is 20.0. The number of aryl methyl sites for hydroxylation is 1. The molecule has 0 unspecified atom stereocenters. The molecule has 1 saturated carbocycles. The largest absolute Gasteiger partial charge is 0.472 e. The summed E-state index contributed by atoms with van der Waals surface area (Å²) in [7, 11) is 0. The van der Waals surface area contributed by atoms with Gasteiger partial charge in [-0.3, -0.25) is 4.79 Å². The molecule has 1 amide bonds. The van der Waals surface area contributed by atoms with E-state index in [1.54, 1.807) is 18.6 Å². The molecule has 2 aliphatic rings. The van der Waals surface area contributed by atoms with Crippen LogP contribution < -0.4 is 4.74 Å². The standard InChI is InChI=1S/C20H19BrN6O2/c1-12-2-4-15(27-23-6-7-24-27)19(25-12)20(28)26-11-13-8-16(26)17(9-13)29-18-5-3-14(21)10-22-18/h2-7,10,13,16-17H,8-9,11H2,1H3/t13-,16+,17-/m1/s1. The van der Waals surface area contributed by atoms with Crippen LogP contribution in [0.1, 0.15) is 29.0 Å². The van der Waals surface area contributed by atoms with Crippen LogP contribution in [0.2, 0.25) is 0 Å². The zero-order valence-corrected chi connectivity index (χ0v) is 17.4. The number of hydrogen-bond donors (Lipinski definition) is 0. The van der Waals surface area contributed by atoms with Crippen molar-refractivity contribution in [2.75, 3.05) is 6.54 Å². The summed E-state index contributed by atoms with van der Waals surface area (Å²) in [5.74, 6) is 0.902. The van der Waals surface area contributed by atoms with E-state index in [0.717, 1.165) is 29.6 Å². The van der Waals surface area contributed by atoms with Crippen molar-refractivity contribution >= 4 is 21.8 Å². The molecule has 0 aromatic carbocycles. The van der Waals surface area contributed by atoms with E-state index in [1.807, 2.05) is 36.1 Å². The van der Waals surface area contributed by atoms with Gasteiger partial charge in [0.1, 0.15) is 11.8 Å². The zero-order valence-electron chi connectivity index (χ0n) is 15.8. The van der Waals surface area contributed by atoms with Gasteiger partial charge in [0.05, 0.1) is 18.4 Å². The van der Waals surface area contributed by atoms with Gasteiger partial charge in [-0.2, -0.15) is 10.2 Å². The number of likely N-dealkylation sites (tertiary alicyclic amines) is 1. The molecule has 3 aromatic rings. The maximum Gasteiger partial charge on any atom is 0.275 e. The van der Waals surface area contributed by atoms with Gasteiger partial charge < -0.3 is 9.64 Å². The highest BCUT2D eigenvalue weighted by atomic mass is 79.9. The quantitative estimate of drug-likeness (QED) is 0.602. The maximum absolute atomic E-state index is 13.5. The Morgan fingerprint density at radius 3 is 2.72 bits per heavy atom. The minimum absolute atomic E-state index is 0.0127. The first-order valence-electron chi connectivity index (χ1n) is 9.52. The Labute approximate surface area is 176 Å². The van der Waals surface area contributed by atoms with Crippen LogP contribution in [0.15, 0.2) is 47.3 Å². The Morgan fingerprint density at radius 2 is 2.00 bits per heavy atom. The van der Waals surface area contributed by atoms with Gasteiger partial charge in [0.15, 0.2) is 5.69 Å². The van der Waals surface area contributed by atoms with Gasteiger partial charge in [-0.05, 0) is 59.8 Å². The van der Waals surface area contributed by atoms with Crippen molar-refractivity contribution in [2.24, 2.45) is 5.92 Å². The minimum atomic E-state index is -0.106. The van der Waals surface area contributed by atoms with Crippen molar-refractivity contribution < 1.29 is 9.53 Å². The molecule has 4 heterocycles. The summed E-state index contributed by atoms with van der Waals surface area (Å²) in [6, 6.07) is 7.45. The molecule has 0 radical (unpaired) electrons. The fraction of sp³-hybridized carbons (Fsp3) is 0.350. The van der Waals surface area contributed by atoms with Crippen LogP contribution in [0, 0.1) is 12.8 Å². The van der Waals surface area contributed by atoms with Crippen LogP contribution >= 0.6 is 15.9 Å². The maximum atomic E-state index is 13.5. The van der Waals surface area contributed by atoms with Crippen molar-refractivity contribution in [3.8, 4) is 11.6 Å². The molecule has 3 aromatic heterocycles. The summed E-state index contributed by atoms with van der Waals surface area (Å²) in [6.45, 7) is 2.59. The molecule has 8 nitrogen and oxygen atoms in total. The van der Waals surface area contributed by atoms with Crippen molar-refractivity contribution in [3.63, 3.8) is 0 Å². The minimum Gasteiger partial charge on any atom is -0.472 e. The first kappa shape index (κ1) is 18.2. The Morgan fingerprint density at radius 1 is 1.17 bits per heavy atom. The molecule has 1 aliphatic heterocycles. The van der Waals surface area contributed by atoms with Crippen LogP contribution in [0.3, 0.4) is 0 Å². The smallest absolute Gasteiger partial charge is 0.275 e. The summed E-state index contributed by atoms with van der Waals surface area (Å²) in [5, 5.41) is 8.34. The topological polar surface area (TPSA) is 86.0 Å². The molecular formula is C20H19BrN6O2. The first-order chi connectivity index (χ1) is 14.1. The van der Waals surface area contributed by atoms with E-state index in [-0.39, 0.29) is 18.1 Å². The third-order valence-corrected chi connectivity index (χ3v) is 5.98. The van der Waals surface area contributed by atoms with E-state index >= 15 is 0 Å². The Bertz CT molecular complexity index is 1040. The fourth-order valence-electron chi connectivity index (χ4n) is 4.26. The molecule has 29 heavy (non-hydrogen) atoms. The lowest BCUT2D eigenvalue weighted by molar-refractivity contribution is 0.0461. The number of rotatable bonds is 4. The van der Waals surface area contributed by atoms with Crippen LogP contribution in [0.4, 0.5) is 0 Å². The Hall–Kier alpha value is -2.81. The molecule has 9 heteroatoms. The number of aromatic nitrogens is 5. The molecule has 2 fully saturated rings. The second kappa shape index (κ2) is 7.22. The van der Waals surface area contributed by atoms with Gasteiger partial charge in [-0.25, -0.2) is 9.97 Å². The van der Waals surface area contributed by atoms with Gasteiger partial charge >= 0.3 is 0 Å². The van der Waals surface area contributed by atoms with E-state index in [2.05, 4.69) is 36.1 Å². The molecular weight excluding hydrogens is 436 g/mol. The summed E-state index contributed by atoms with van der Waals surface area (Å²) in [5.41, 5.74) is 1.73. The highest BCUT2D eigenvalue weighted by Gasteiger charge is 2.49. The van der Waals surface area contributed by atoms with Crippen molar-refractivity contribution in [1.29, 1.82) is 0 Å². The van der Waals surface area contributed by atoms with Crippen LogP contribution in [-0.4, -0.2) is 54.5 Å². The number of piperidine rings is 1. The lowest BCUT2D eigenvalue weighted by atomic mass is 10.1. The predicted molar refractivity (Wildman–Crippen MR) is 108 cm³/mol. The summed E-state index contributed by atoms with van der Waals surface area (Å²) < 4.78 is 7.03. The third-order valence-electron chi connectivity index (χ3n) is 5.51. The van der Waals surface area contributed by atoms with Crippen molar-refractivity contribution in [1.82, 2.24) is 29.9 Å². The van der Waals surface area contributed by atoms with Crippen molar-refractivity contribution in [3.05, 3.63) is 58.7 Å². The van der Waals surface area contributed by atoms with Crippen molar-refractivity contribution in [2.45, 2.75) is 31.9 Å². The van der Waals surface area contributed by atoms with Gasteiger partial charge in [-0.1, -0.05) is 0 Å². The van der Waals surface area contributed by atoms with Crippen LogP contribution in [0.25, 0.3) is 5.69 Å². The Kier molecular flexibility index (Phi) is 4.54. The highest BCUT2D eigenvalue weighted by Crippen LogP contribution is 2.40. The molecule has 3 atom stereocenters. The highest BCUT2D eigenvalue weighted by molar-refractivity contribution is 9.10. The second-order valence-electron chi connectivity index (χ2n) is 7.47. The monoisotopic (exact) mass is 454 g/mol. The summed E-state index contributed by atoms with van der Waals surface area (Å²) in [6.07, 6.45) is 6.69. The number of hydrogen-bond acceptors (Lipinski definition) is 6. The summed E-state index contributed by atoms with van der Waals surface area (Å²) >= 11 is 3.38. The first-order valence-corrected chi connectivity index (χ1v) is 10.3.